The summed E-state index contributed by atoms with van der Waals surface area (Å²) < 4.78 is 0. The topological polar surface area (TPSA) is 52.7 Å². The summed E-state index contributed by atoms with van der Waals surface area (Å²) in [5.74, 6) is 0.677. The molecule has 116 valence electrons. The van der Waals surface area contributed by atoms with E-state index >= 15 is 0 Å². The molecule has 1 saturated carbocycles. The first-order valence-corrected chi connectivity index (χ1v) is 7.20. The molecule has 0 bridgehead atoms. The lowest BCUT2D eigenvalue weighted by Crippen LogP contribution is -2.46. The van der Waals surface area contributed by atoms with Crippen molar-refractivity contribution in [2.24, 2.45) is 5.92 Å². The van der Waals surface area contributed by atoms with Gasteiger partial charge in [0.15, 0.2) is 0 Å². The van der Waals surface area contributed by atoms with E-state index in [1.807, 2.05) is 0 Å². The number of likely N-dealkylation sites (N-methyl/N-ethyl adjacent to an activating group) is 2. The Morgan fingerprint density at radius 1 is 1.15 bits per heavy atom. The second-order valence-electron chi connectivity index (χ2n) is 6.09. The van der Waals surface area contributed by atoms with Gasteiger partial charge in [0.1, 0.15) is 0 Å². The molecular weight excluding hydrogens is 278 g/mol. The van der Waals surface area contributed by atoms with Crippen LogP contribution in [0.3, 0.4) is 0 Å². The largest absolute Gasteiger partial charge is 0.347 e. The number of carbonyl (C=O) groups excluding carboxylic acids is 2. The smallest absolute Gasteiger partial charge is 0.241 e. The molecule has 1 N–H and O–H groups in total. The van der Waals surface area contributed by atoms with E-state index in [2.05, 4.69) is 5.32 Å². The molecule has 1 aliphatic heterocycles. The van der Waals surface area contributed by atoms with Crippen LogP contribution < -0.4 is 5.32 Å². The number of hydrogen-bond acceptors (Lipinski definition) is 3. The van der Waals surface area contributed by atoms with E-state index in [1.165, 1.54) is 30.6 Å². The van der Waals surface area contributed by atoms with Crippen molar-refractivity contribution in [3.05, 3.63) is 0 Å². The molecule has 3 unspecified atom stereocenters. The van der Waals surface area contributed by atoms with Crippen LogP contribution in [0.2, 0.25) is 0 Å². The lowest BCUT2D eigenvalue weighted by Gasteiger charge is -2.24. The fraction of sp³-hybridized carbons (Fsp3) is 0.857. The maximum Gasteiger partial charge on any atom is 0.241 e. The summed E-state index contributed by atoms with van der Waals surface area (Å²) in [4.78, 5) is 27.0. The fourth-order valence-corrected chi connectivity index (χ4v) is 3.20. The highest BCUT2D eigenvalue weighted by Crippen LogP contribution is 2.33. The van der Waals surface area contributed by atoms with E-state index in [0.29, 0.717) is 12.0 Å². The first-order valence-electron chi connectivity index (χ1n) is 7.20. The predicted molar refractivity (Wildman–Crippen MR) is 80.9 cm³/mol. The summed E-state index contributed by atoms with van der Waals surface area (Å²) in [6, 6.07) is 0.425. The van der Waals surface area contributed by atoms with Crippen molar-refractivity contribution in [3.63, 3.8) is 0 Å². The highest BCUT2D eigenvalue weighted by atomic mass is 35.5. The van der Waals surface area contributed by atoms with E-state index in [0.717, 1.165) is 6.42 Å². The first kappa shape index (κ1) is 17.2. The summed E-state index contributed by atoms with van der Waals surface area (Å²) in [5, 5.41) is 3.46. The number of amides is 2. The first-order chi connectivity index (χ1) is 8.99. The minimum absolute atomic E-state index is 0. The summed E-state index contributed by atoms with van der Waals surface area (Å²) >= 11 is 0. The van der Waals surface area contributed by atoms with Crippen LogP contribution in [0, 0.1) is 5.92 Å². The van der Waals surface area contributed by atoms with Crippen LogP contribution in [0.4, 0.5) is 0 Å². The third-order valence-electron chi connectivity index (χ3n) is 4.41. The molecule has 3 atom stereocenters. The Kier molecular flexibility index (Phi) is 6.27. The van der Waals surface area contributed by atoms with Crippen LogP contribution in [-0.2, 0) is 9.59 Å². The third-order valence-corrected chi connectivity index (χ3v) is 4.41. The molecule has 0 aromatic heterocycles. The summed E-state index contributed by atoms with van der Waals surface area (Å²) in [6.45, 7) is 0.166. The summed E-state index contributed by atoms with van der Waals surface area (Å²) in [6.07, 6.45) is 5.92. The normalized spacial score (nSPS) is 28.2. The van der Waals surface area contributed by atoms with Gasteiger partial charge < -0.3 is 15.1 Å². The predicted octanol–water partition coefficient (Wildman–Crippen LogP) is 0.875. The zero-order chi connectivity index (χ0) is 14.0. The van der Waals surface area contributed by atoms with Gasteiger partial charge >= 0.3 is 0 Å². The van der Waals surface area contributed by atoms with Crippen molar-refractivity contribution in [2.75, 3.05) is 27.7 Å². The van der Waals surface area contributed by atoms with Crippen molar-refractivity contribution in [1.82, 2.24) is 15.1 Å². The second kappa shape index (κ2) is 7.27. The Balaban J connectivity index is 0.00000200. The van der Waals surface area contributed by atoms with Gasteiger partial charge in [-0.3, -0.25) is 9.59 Å². The van der Waals surface area contributed by atoms with Gasteiger partial charge in [0, 0.05) is 27.2 Å². The van der Waals surface area contributed by atoms with Crippen LogP contribution in [0.25, 0.3) is 0 Å². The van der Waals surface area contributed by atoms with Crippen LogP contribution >= 0.6 is 12.4 Å². The molecule has 2 fully saturated rings. The Hall–Kier alpha value is -0.810. The van der Waals surface area contributed by atoms with Gasteiger partial charge in [0.25, 0.3) is 0 Å². The molecule has 5 nitrogen and oxygen atoms in total. The van der Waals surface area contributed by atoms with Crippen molar-refractivity contribution < 1.29 is 9.59 Å². The number of halogens is 1. The molecule has 1 saturated heterocycles. The second-order valence-corrected chi connectivity index (χ2v) is 6.09. The molecule has 0 aromatic carbocycles. The number of rotatable bonds is 3. The standard InChI is InChI=1S/C14H25N3O2.ClH/c1-16(2)13(18)9-17(3)14(19)12-8-10-6-4-5-7-11(10)15-12;/h10-12,15H,4-9H2,1-3H3;1H. The molecule has 1 aliphatic carbocycles. The average Bonchev–Trinajstić information content (AvgIpc) is 2.81. The average molecular weight is 304 g/mol. The molecule has 6 heteroatoms. The lowest BCUT2D eigenvalue weighted by molar-refractivity contribution is -0.139. The number of nitrogens with zero attached hydrogens (tertiary/aromatic N) is 2. The maximum absolute atomic E-state index is 12.3. The molecular formula is C14H26ClN3O2. The zero-order valence-corrected chi connectivity index (χ0v) is 13.4. The van der Waals surface area contributed by atoms with Crippen molar-refractivity contribution >= 4 is 24.2 Å². The number of nitrogens with one attached hydrogen (secondary N) is 1. The van der Waals surface area contributed by atoms with Gasteiger partial charge in [-0.15, -0.1) is 12.4 Å². The van der Waals surface area contributed by atoms with E-state index < -0.39 is 0 Å². The minimum Gasteiger partial charge on any atom is -0.347 e. The van der Waals surface area contributed by atoms with Crippen LogP contribution in [-0.4, -0.2) is 61.4 Å². The number of carbonyl (C=O) groups is 2. The van der Waals surface area contributed by atoms with E-state index in [1.54, 1.807) is 26.0 Å². The Bertz CT molecular complexity index is 348. The molecule has 0 radical (unpaired) electrons. The molecule has 2 rings (SSSR count). The SMILES string of the molecule is CN(C)C(=O)CN(C)C(=O)C1CC2CCCCC2N1.Cl. The van der Waals surface area contributed by atoms with Crippen LogP contribution in [0.5, 0.6) is 0 Å². The van der Waals surface area contributed by atoms with E-state index in [-0.39, 0.29) is 36.8 Å². The maximum atomic E-state index is 12.3. The van der Waals surface area contributed by atoms with Crippen molar-refractivity contribution in [1.29, 1.82) is 0 Å². The summed E-state index contributed by atoms with van der Waals surface area (Å²) in [5.41, 5.74) is 0. The summed E-state index contributed by atoms with van der Waals surface area (Å²) in [7, 11) is 5.14. The van der Waals surface area contributed by atoms with Crippen molar-refractivity contribution in [2.45, 2.75) is 44.2 Å². The minimum atomic E-state index is -0.0898. The van der Waals surface area contributed by atoms with Gasteiger partial charge in [-0.2, -0.15) is 0 Å². The Morgan fingerprint density at radius 2 is 1.80 bits per heavy atom. The van der Waals surface area contributed by atoms with Gasteiger partial charge in [-0.1, -0.05) is 12.8 Å². The molecule has 0 spiro atoms. The molecule has 2 aliphatic rings. The molecule has 2 amide bonds. The quantitative estimate of drug-likeness (QED) is 0.842. The molecule has 1 heterocycles. The molecule has 20 heavy (non-hydrogen) atoms. The fourth-order valence-electron chi connectivity index (χ4n) is 3.20. The van der Waals surface area contributed by atoms with Gasteiger partial charge in [-0.05, 0) is 25.2 Å². The van der Waals surface area contributed by atoms with Gasteiger partial charge in [0.2, 0.25) is 11.8 Å². The monoisotopic (exact) mass is 303 g/mol. The number of hydrogen-bond donors (Lipinski definition) is 1. The Labute approximate surface area is 127 Å². The van der Waals surface area contributed by atoms with Gasteiger partial charge in [-0.25, -0.2) is 0 Å². The highest BCUT2D eigenvalue weighted by molar-refractivity contribution is 5.87. The number of fused-ring (bicyclic) bond motifs is 1. The van der Waals surface area contributed by atoms with E-state index in [9.17, 15) is 9.59 Å². The lowest BCUT2D eigenvalue weighted by atomic mass is 9.85. The van der Waals surface area contributed by atoms with Crippen molar-refractivity contribution in [3.8, 4) is 0 Å². The zero-order valence-electron chi connectivity index (χ0n) is 12.6. The third kappa shape index (κ3) is 3.85. The highest BCUT2D eigenvalue weighted by Gasteiger charge is 2.39. The van der Waals surface area contributed by atoms with Gasteiger partial charge in [0.05, 0.1) is 12.6 Å². The molecule has 0 aromatic rings. The van der Waals surface area contributed by atoms with E-state index in [4.69, 9.17) is 0 Å². The Morgan fingerprint density at radius 3 is 2.40 bits per heavy atom. The van der Waals surface area contributed by atoms with Crippen LogP contribution in [0.1, 0.15) is 32.1 Å². The van der Waals surface area contributed by atoms with Crippen LogP contribution in [0.15, 0.2) is 0 Å².